The molecule has 0 fully saturated rings. The number of nitrogens with one attached hydrogen (secondary N) is 2. The smallest absolute Gasteiger partial charge is 0.260 e. The lowest BCUT2D eigenvalue weighted by Gasteiger charge is -2.29. The molecule has 2 aromatic rings. The average Bonchev–Trinajstić information content (AvgIpc) is 2.66. The Hall–Kier alpha value is -2.32. The lowest BCUT2D eigenvalue weighted by molar-refractivity contribution is 0.352. The number of ether oxygens (including phenoxy) is 2. The Kier molecular flexibility index (Phi) is 5.86. The molecule has 0 saturated heterocycles. The van der Waals surface area contributed by atoms with Crippen molar-refractivity contribution in [3.8, 4) is 17.4 Å². The molecule has 1 aliphatic heterocycles. The van der Waals surface area contributed by atoms with Gasteiger partial charge in [0, 0.05) is 13.1 Å². The second kappa shape index (κ2) is 8.14. The third-order valence-corrected chi connectivity index (χ3v) is 5.25. The molecule has 0 radical (unpaired) electrons. The van der Waals surface area contributed by atoms with Gasteiger partial charge in [0.05, 0.1) is 25.8 Å². The fourth-order valence-corrected chi connectivity index (χ4v) is 3.77. The van der Waals surface area contributed by atoms with E-state index in [9.17, 15) is 9.90 Å². The van der Waals surface area contributed by atoms with Gasteiger partial charge in [-0.25, -0.2) is 0 Å². The second-order valence-corrected chi connectivity index (χ2v) is 6.93. The van der Waals surface area contributed by atoms with Crippen LogP contribution in [0.4, 0.5) is 0 Å². The molecule has 3 N–H and O–H groups in total. The molecule has 1 aromatic carbocycles. The monoisotopic (exact) mass is 391 g/mol. The van der Waals surface area contributed by atoms with E-state index in [-0.39, 0.29) is 21.8 Å². The number of unbranched alkanes of at least 4 members (excludes halogenated alkanes) is 1. The fraction of sp³-hybridized carbons (Fsp3) is 0.474. The van der Waals surface area contributed by atoms with Gasteiger partial charge in [-0.2, -0.15) is 0 Å². The number of aromatic amines is 1. The molecule has 8 heteroatoms. The first-order valence-corrected chi connectivity index (χ1v) is 9.46. The van der Waals surface area contributed by atoms with E-state index in [0.717, 1.165) is 30.4 Å². The summed E-state index contributed by atoms with van der Waals surface area (Å²) in [5, 5.41) is 14.2. The molecule has 0 saturated carbocycles. The molecular weight excluding hydrogens is 366 g/mol. The van der Waals surface area contributed by atoms with Crippen molar-refractivity contribution in [3.63, 3.8) is 0 Å². The van der Waals surface area contributed by atoms with Crippen LogP contribution < -0.4 is 20.3 Å². The normalized spacial score (nSPS) is 16.0. The highest BCUT2D eigenvalue weighted by atomic mass is 32.1. The number of hydrogen-bond donors (Lipinski definition) is 3. The summed E-state index contributed by atoms with van der Waals surface area (Å²) in [5.41, 5.74) is 1.83. The highest BCUT2D eigenvalue weighted by Gasteiger charge is 2.29. The minimum absolute atomic E-state index is 0.0858. The summed E-state index contributed by atoms with van der Waals surface area (Å²) in [6.45, 7) is 3.29. The van der Waals surface area contributed by atoms with Gasteiger partial charge in [-0.3, -0.25) is 14.3 Å². The van der Waals surface area contributed by atoms with Crippen LogP contribution >= 0.6 is 12.2 Å². The summed E-state index contributed by atoms with van der Waals surface area (Å²) < 4.78 is 12.6. The van der Waals surface area contributed by atoms with Gasteiger partial charge in [-0.05, 0) is 48.3 Å². The van der Waals surface area contributed by atoms with Crippen molar-refractivity contribution in [2.45, 2.75) is 38.8 Å². The summed E-state index contributed by atoms with van der Waals surface area (Å²) in [6, 6.07) is 3.34. The Bertz CT molecular complexity index is 951. The van der Waals surface area contributed by atoms with E-state index in [1.807, 2.05) is 12.1 Å². The quantitative estimate of drug-likeness (QED) is 0.656. The molecular formula is C19H25N3O4S. The van der Waals surface area contributed by atoms with Crippen molar-refractivity contribution in [2.24, 2.45) is 0 Å². The number of benzene rings is 1. The number of rotatable bonds is 6. The molecule has 146 valence electrons. The molecule has 7 nitrogen and oxygen atoms in total. The van der Waals surface area contributed by atoms with Crippen molar-refractivity contribution in [1.82, 2.24) is 14.9 Å². The van der Waals surface area contributed by atoms with Crippen LogP contribution in [0.1, 0.15) is 42.5 Å². The number of methoxy groups -OCH3 is 2. The van der Waals surface area contributed by atoms with Crippen LogP contribution in [-0.4, -0.2) is 35.4 Å². The van der Waals surface area contributed by atoms with E-state index in [2.05, 4.69) is 17.2 Å². The average molecular weight is 391 g/mol. The van der Waals surface area contributed by atoms with Crippen LogP contribution in [0, 0.1) is 4.77 Å². The topological polar surface area (TPSA) is 88.5 Å². The van der Waals surface area contributed by atoms with Gasteiger partial charge in [-0.15, -0.1) is 0 Å². The first kappa shape index (κ1) is 19.4. The van der Waals surface area contributed by atoms with Crippen LogP contribution in [-0.2, 0) is 13.0 Å². The highest BCUT2D eigenvalue weighted by molar-refractivity contribution is 7.71. The maximum Gasteiger partial charge on any atom is 0.260 e. The standard InChI is InChI=1S/C19H25N3O4S/c1-4-5-8-22-18(24)15(17(23)21-19(22)27)16-12-10-14(26-3)13(25-2)9-11(12)6-7-20-16/h9-10,16,20,24H,4-8H2,1-3H3,(H,21,23,27). The number of hydrogen-bond acceptors (Lipinski definition) is 6. The molecule has 0 aliphatic carbocycles. The summed E-state index contributed by atoms with van der Waals surface area (Å²) in [6.07, 6.45) is 2.60. The maximum absolute atomic E-state index is 12.7. The summed E-state index contributed by atoms with van der Waals surface area (Å²) in [4.78, 5) is 15.4. The number of H-pyrrole nitrogens is 1. The van der Waals surface area contributed by atoms with Crippen LogP contribution in [0.15, 0.2) is 16.9 Å². The van der Waals surface area contributed by atoms with Crippen molar-refractivity contribution < 1.29 is 14.6 Å². The van der Waals surface area contributed by atoms with Crippen LogP contribution in [0.25, 0.3) is 0 Å². The van der Waals surface area contributed by atoms with Gasteiger partial charge in [-0.1, -0.05) is 13.3 Å². The zero-order valence-electron chi connectivity index (χ0n) is 15.8. The van der Waals surface area contributed by atoms with Crippen molar-refractivity contribution in [3.05, 3.63) is 43.9 Å². The Balaban J connectivity index is 2.17. The number of aromatic nitrogens is 2. The molecule has 1 aromatic heterocycles. The lowest BCUT2D eigenvalue weighted by atomic mass is 9.90. The van der Waals surface area contributed by atoms with E-state index < -0.39 is 6.04 Å². The predicted octanol–water partition coefficient (Wildman–Crippen LogP) is 2.66. The Morgan fingerprint density at radius 2 is 2.00 bits per heavy atom. The summed E-state index contributed by atoms with van der Waals surface area (Å²) in [5.74, 6) is 1.14. The second-order valence-electron chi connectivity index (χ2n) is 6.54. The lowest BCUT2D eigenvalue weighted by Crippen LogP contribution is -2.35. The number of nitrogens with zero attached hydrogens (tertiary/aromatic N) is 1. The van der Waals surface area contributed by atoms with Crippen molar-refractivity contribution >= 4 is 12.2 Å². The van der Waals surface area contributed by atoms with E-state index >= 15 is 0 Å². The number of fused-ring (bicyclic) bond motifs is 1. The molecule has 27 heavy (non-hydrogen) atoms. The highest BCUT2D eigenvalue weighted by Crippen LogP contribution is 2.38. The van der Waals surface area contributed by atoms with E-state index in [1.54, 1.807) is 18.8 Å². The Labute approximate surface area is 163 Å². The van der Waals surface area contributed by atoms with Crippen molar-refractivity contribution in [2.75, 3.05) is 20.8 Å². The van der Waals surface area contributed by atoms with E-state index in [1.165, 1.54) is 0 Å². The summed E-state index contributed by atoms with van der Waals surface area (Å²) in [7, 11) is 3.17. The molecule has 1 unspecified atom stereocenters. The van der Waals surface area contributed by atoms with Crippen LogP contribution in [0.3, 0.4) is 0 Å². The minimum Gasteiger partial charge on any atom is -0.494 e. The zero-order valence-corrected chi connectivity index (χ0v) is 16.6. The molecule has 3 rings (SSSR count). The van der Waals surface area contributed by atoms with Gasteiger partial charge in [0.2, 0.25) is 5.88 Å². The van der Waals surface area contributed by atoms with E-state index in [0.29, 0.717) is 24.6 Å². The predicted molar refractivity (Wildman–Crippen MR) is 106 cm³/mol. The van der Waals surface area contributed by atoms with E-state index in [4.69, 9.17) is 21.7 Å². The maximum atomic E-state index is 12.7. The molecule has 0 bridgehead atoms. The third kappa shape index (κ3) is 3.59. The summed E-state index contributed by atoms with van der Waals surface area (Å²) >= 11 is 5.24. The largest absolute Gasteiger partial charge is 0.494 e. The van der Waals surface area contributed by atoms with Gasteiger partial charge in [0.25, 0.3) is 5.56 Å². The van der Waals surface area contributed by atoms with Crippen LogP contribution in [0.2, 0.25) is 0 Å². The minimum atomic E-state index is -0.458. The van der Waals surface area contributed by atoms with Gasteiger partial charge < -0.3 is 19.9 Å². The molecule has 1 aliphatic rings. The Morgan fingerprint density at radius 1 is 1.30 bits per heavy atom. The molecule has 0 amide bonds. The SMILES string of the molecule is CCCCn1c(O)c(C2NCCc3cc(OC)c(OC)cc32)c(=O)[nH]c1=S. The molecule has 2 heterocycles. The van der Waals surface area contributed by atoms with Crippen LogP contribution in [0.5, 0.6) is 17.4 Å². The number of aromatic hydroxyl groups is 1. The molecule has 0 spiro atoms. The van der Waals surface area contributed by atoms with Crippen molar-refractivity contribution in [1.29, 1.82) is 0 Å². The Morgan fingerprint density at radius 3 is 2.67 bits per heavy atom. The third-order valence-electron chi connectivity index (χ3n) is 4.93. The van der Waals surface area contributed by atoms with Gasteiger partial charge >= 0.3 is 0 Å². The zero-order chi connectivity index (χ0) is 19.6. The fourth-order valence-electron chi connectivity index (χ4n) is 3.50. The first-order chi connectivity index (χ1) is 13.0. The molecule has 1 atom stereocenters. The first-order valence-electron chi connectivity index (χ1n) is 9.05. The van der Waals surface area contributed by atoms with Gasteiger partial charge in [0.1, 0.15) is 0 Å². The van der Waals surface area contributed by atoms with Gasteiger partial charge in [0.15, 0.2) is 16.3 Å².